The van der Waals surface area contributed by atoms with E-state index in [1.807, 2.05) is 37.3 Å². The zero-order chi connectivity index (χ0) is 21.2. The molecular formula is C21H29N3O5. The highest BCUT2D eigenvalue weighted by Gasteiger charge is 2.16. The van der Waals surface area contributed by atoms with Gasteiger partial charge in [0.2, 0.25) is 5.75 Å². The molecule has 0 spiro atoms. The molecule has 0 atom stereocenters. The van der Waals surface area contributed by atoms with Gasteiger partial charge in [0.1, 0.15) is 0 Å². The molecule has 2 N–H and O–H groups in total. The van der Waals surface area contributed by atoms with E-state index in [-0.39, 0.29) is 0 Å². The van der Waals surface area contributed by atoms with Gasteiger partial charge in [0, 0.05) is 30.9 Å². The van der Waals surface area contributed by atoms with Gasteiger partial charge in [-0.1, -0.05) is 0 Å². The Bertz CT molecular complexity index is 839. The van der Waals surface area contributed by atoms with E-state index in [0.717, 1.165) is 11.3 Å². The van der Waals surface area contributed by atoms with Crippen LogP contribution in [0.25, 0.3) is 0 Å². The summed E-state index contributed by atoms with van der Waals surface area (Å²) in [7, 11) is 8.08. The monoisotopic (exact) mass is 403 g/mol. The van der Waals surface area contributed by atoms with Crippen LogP contribution in [0.3, 0.4) is 0 Å². The van der Waals surface area contributed by atoms with Crippen molar-refractivity contribution in [3.63, 3.8) is 0 Å². The highest BCUT2D eigenvalue weighted by molar-refractivity contribution is 5.93. The summed E-state index contributed by atoms with van der Waals surface area (Å²) in [5, 5.41) is 6.51. The van der Waals surface area contributed by atoms with Crippen LogP contribution < -0.4 is 34.3 Å². The van der Waals surface area contributed by atoms with E-state index < -0.39 is 0 Å². The molecule has 0 bridgehead atoms. The minimum Gasteiger partial charge on any atom is -0.493 e. The number of nitrogens with one attached hydrogen (secondary N) is 2. The number of nitrogens with zero attached hydrogens (tertiary/aromatic N) is 1. The smallest absolute Gasteiger partial charge is 0.203 e. The first-order valence-corrected chi connectivity index (χ1v) is 9.18. The molecule has 0 saturated heterocycles. The maximum Gasteiger partial charge on any atom is 0.203 e. The first kappa shape index (κ1) is 22.0. The van der Waals surface area contributed by atoms with Crippen LogP contribution in [0.4, 0.5) is 5.69 Å². The van der Waals surface area contributed by atoms with Crippen molar-refractivity contribution in [3.8, 4) is 28.7 Å². The number of methoxy groups -OCH3 is 4. The average Bonchev–Trinajstić information content (AvgIpc) is 2.76. The number of aliphatic imine (C=N–C) groups is 1. The molecule has 2 aromatic rings. The van der Waals surface area contributed by atoms with Crippen LogP contribution in [0, 0.1) is 0 Å². The summed E-state index contributed by atoms with van der Waals surface area (Å²) in [6, 6.07) is 9.36. The third-order valence-corrected chi connectivity index (χ3v) is 4.18. The number of hydrogen-bond donors (Lipinski definition) is 2. The van der Waals surface area contributed by atoms with Crippen LogP contribution in [-0.4, -0.2) is 48.1 Å². The molecule has 0 aliphatic carbocycles. The Labute approximate surface area is 171 Å². The summed E-state index contributed by atoms with van der Waals surface area (Å²) < 4.78 is 27.2. The summed E-state index contributed by atoms with van der Waals surface area (Å²) in [5.74, 6) is 3.70. The zero-order valence-electron chi connectivity index (χ0n) is 17.8. The molecule has 0 unspecified atom stereocenters. The topological polar surface area (TPSA) is 82.6 Å². The Morgan fingerprint density at radius 3 is 2.14 bits per heavy atom. The van der Waals surface area contributed by atoms with E-state index in [1.165, 1.54) is 0 Å². The lowest BCUT2D eigenvalue weighted by Gasteiger charge is -2.18. The van der Waals surface area contributed by atoms with Gasteiger partial charge in [-0.25, -0.2) is 0 Å². The van der Waals surface area contributed by atoms with Crippen LogP contribution in [0.15, 0.2) is 35.3 Å². The van der Waals surface area contributed by atoms with Crippen molar-refractivity contribution in [3.05, 3.63) is 35.9 Å². The van der Waals surface area contributed by atoms with E-state index >= 15 is 0 Å². The van der Waals surface area contributed by atoms with Gasteiger partial charge in [-0.05, 0) is 31.2 Å². The second-order valence-electron chi connectivity index (χ2n) is 5.84. The van der Waals surface area contributed by atoms with Gasteiger partial charge in [0.05, 0.1) is 35.0 Å². The highest BCUT2D eigenvalue weighted by Crippen LogP contribution is 2.39. The van der Waals surface area contributed by atoms with Crippen LogP contribution >= 0.6 is 0 Å². The quantitative estimate of drug-likeness (QED) is 0.491. The summed E-state index contributed by atoms with van der Waals surface area (Å²) in [5.41, 5.74) is 1.72. The Hall–Kier alpha value is -3.29. The number of ether oxygens (including phenoxy) is 5. The van der Waals surface area contributed by atoms with Crippen LogP contribution in [0.5, 0.6) is 28.7 Å². The number of rotatable bonds is 9. The molecule has 0 aliphatic rings. The standard InChI is InChI=1S/C21H29N3O5/c1-7-29-18-12-15(9-11-16(18)25-3)24-21(22-2)23-13-14-8-10-17(26-4)20(28-6)19(14)27-5/h8-12H,7,13H2,1-6H3,(H2,22,23,24). The second kappa shape index (κ2) is 10.9. The molecule has 8 heteroatoms. The molecule has 29 heavy (non-hydrogen) atoms. The van der Waals surface area contributed by atoms with E-state index in [2.05, 4.69) is 15.6 Å². The average molecular weight is 403 g/mol. The lowest BCUT2D eigenvalue weighted by atomic mass is 10.1. The van der Waals surface area contributed by atoms with Gasteiger partial charge < -0.3 is 34.3 Å². The molecule has 2 aromatic carbocycles. The fraction of sp³-hybridized carbons (Fsp3) is 0.381. The Kier molecular flexibility index (Phi) is 8.27. The highest BCUT2D eigenvalue weighted by atomic mass is 16.5. The van der Waals surface area contributed by atoms with E-state index in [0.29, 0.717) is 47.9 Å². The summed E-state index contributed by atoms with van der Waals surface area (Å²) in [6.45, 7) is 2.94. The number of anilines is 1. The van der Waals surface area contributed by atoms with E-state index in [9.17, 15) is 0 Å². The maximum absolute atomic E-state index is 5.62. The molecule has 8 nitrogen and oxygen atoms in total. The minimum atomic E-state index is 0.470. The first-order valence-electron chi connectivity index (χ1n) is 9.18. The lowest BCUT2D eigenvalue weighted by molar-refractivity contribution is 0.311. The Morgan fingerprint density at radius 1 is 0.862 bits per heavy atom. The molecule has 0 amide bonds. The van der Waals surface area contributed by atoms with Crippen molar-refractivity contribution in [2.24, 2.45) is 4.99 Å². The fourth-order valence-electron chi connectivity index (χ4n) is 2.82. The third-order valence-electron chi connectivity index (χ3n) is 4.18. The molecule has 0 saturated carbocycles. The Balaban J connectivity index is 2.15. The molecule has 2 rings (SSSR count). The molecular weight excluding hydrogens is 374 g/mol. The largest absolute Gasteiger partial charge is 0.493 e. The predicted molar refractivity (Wildman–Crippen MR) is 114 cm³/mol. The molecule has 0 heterocycles. The number of benzene rings is 2. The van der Waals surface area contributed by atoms with Gasteiger partial charge in [0.25, 0.3) is 0 Å². The van der Waals surface area contributed by atoms with Crippen molar-refractivity contribution in [2.75, 3.05) is 47.4 Å². The van der Waals surface area contributed by atoms with Crippen LogP contribution in [0.1, 0.15) is 12.5 Å². The normalized spacial score (nSPS) is 10.9. The van der Waals surface area contributed by atoms with E-state index in [1.54, 1.807) is 35.5 Å². The summed E-state index contributed by atoms with van der Waals surface area (Å²) in [4.78, 5) is 4.27. The fourth-order valence-corrected chi connectivity index (χ4v) is 2.82. The van der Waals surface area contributed by atoms with Crippen molar-refractivity contribution >= 4 is 11.6 Å². The molecule has 0 aliphatic heterocycles. The predicted octanol–water partition coefficient (Wildman–Crippen LogP) is 3.31. The zero-order valence-corrected chi connectivity index (χ0v) is 17.8. The minimum absolute atomic E-state index is 0.470. The summed E-state index contributed by atoms with van der Waals surface area (Å²) in [6.07, 6.45) is 0. The van der Waals surface area contributed by atoms with Crippen molar-refractivity contribution in [2.45, 2.75) is 13.5 Å². The molecule has 0 fully saturated rings. The summed E-state index contributed by atoms with van der Waals surface area (Å²) >= 11 is 0. The number of hydrogen-bond acceptors (Lipinski definition) is 6. The lowest BCUT2D eigenvalue weighted by Crippen LogP contribution is -2.30. The van der Waals surface area contributed by atoms with Gasteiger partial charge in [0.15, 0.2) is 29.0 Å². The van der Waals surface area contributed by atoms with Crippen molar-refractivity contribution in [1.82, 2.24) is 5.32 Å². The third kappa shape index (κ3) is 5.37. The SMILES string of the molecule is CCOc1cc(NC(=NC)NCc2ccc(OC)c(OC)c2OC)ccc1OC. The van der Waals surface area contributed by atoms with Crippen molar-refractivity contribution in [1.29, 1.82) is 0 Å². The Morgan fingerprint density at radius 2 is 1.55 bits per heavy atom. The second-order valence-corrected chi connectivity index (χ2v) is 5.84. The number of guanidine groups is 1. The molecule has 0 radical (unpaired) electrons. The van der Waals surface area contributed by atoms with Crippen LogP contribution in [-0.2, 0) is 6.54 Å². The maximum atomic E-state index is 5.62. The van der Waals surface area contributed by atoms with Gasteiger partial charge in [-0.15, -0.1) is 0 Å². The van der Waals surface area contributed by atoms with Gasteiger partial charge in [-0.3, -0.25) is 4.99 Å². The van der Waals surface area contributed by atoms with Gasteiger partial charge in [-0.2, -0.15) is 0 Å². The molecule has 0 aromatic heterocycles. The van der Waals surface area contributed by atoms with Crippen LogP contribution in [0.2, 0.25) is 0 Å². The van der Waals surface area contributed by atoms with E-state index in [4.69, 9.17) is 23.7 Å². The van der Waals surface area contributed by atoms with Gasteiger partial charge >= 0.3 is 0 Å². The molecule has 158 valence electrons. The van der Waals surface area contributed by atoms with Crippen molar-refractivity contribution < 1.29 is 23.7 Å². The first-order chi connectivity index (χ1) is 14.1.